The Labute approximate surface area is 149 Å². The summed E-state index contributed by atoms with van der Waals surface area (Å²) in [6.45, 7) is 3.47. The number of nitro benzene ring substituents is 1. The van der Waals surface area contributed by atoms with Crippen LogP contribution < -0.4 is 9.47 Å². The zero-order chi connectivity index (χ0) is 18.7. The molecule has 8 nitrogen and oxygen atoms in total. The first-order valence-corrected chi connectivity index (χ1v) is 7.87. The van der Waals surface area contributed by atoms with Crippen molar-refractivity contribution in [3.05, 3.63) is 64.0 Å². The van der Waals surface area contributed by atoms with Gasteiger partial charge in [0.05, 0.1) is 12.0 Å². The van der Waals surface area contributed by atoms with Crippen molar-refractivity contribution in [3.8, 4) is 23.0 Å². The fourth-order valence-electron chi connectivity index (χ4n) is 2.36. The van der Waals surface area contributed by atoms with Crippen LogP contribution in [0.1, 0.15) is 24.5 Å². The lowest BCUT2D eigenvalue weighted by Gasteiger charge is -2.11. The maximum absolute atomic E-state index is 11.2. The van der Waals surface area contributed by atoms with E-state index in [1.54, 1.807) is 57.4 Å². The van der Waals surface area contributed by atoms with E-state index in [0.29, 0.717) is 5.89 Å². The van der Waals surface area contributed by atoms with Crippen LogP contribution in [0.4, 0.5) is 5.69 Å². The van der Waals surface area contributed by atoms with Crippen molar-refractivity contribution < 1.29 is 18.8 Å². The van der Waals surface area contributed by atoms with Crippen molar-refractivity contribution in [1.29, 1.82) is 0 Å². The molecule has 0 spiro atoms. The highest BCUT2D eigenvalue weighted by atomic mass is 16.6. The van der Waals surface area contributed by atoms with Crippen LogP contribution in [0.3, 0.4) is 0 Å². The molecular formula is C18H17N3O5. The molecule has 0 amide bonds. The van der Waals surface area contributed by atoms with Gasteiger partial charge in [-0.05, 0) is 49.7 Å². The number of hydrogen-bond donors (Lipinski definition) is 0. The van der Waals surface area contributed by atoms with E-state index in [1.165, 1.54) is 6.07 Å². The van der Waals surface area contributed by atoms with E-state index < -0.39 is 11.0 Å². The van der Waals surface area contributed by atoms with Crippen LogP contribution in [-0.4, -0.2) is 22.2 Å². The van der Waals surface area contributed by atoms with Gasteiger partial charge in [0.1, 0.15) is 5.75 Å². The number of methoxy groups -OCH3 is 1. The Bertz CT molecular complexity index is 921. The summed E-state index contributed by atoms with van der Waals surface area (Å²) in [5.74, 6) is 1.43. The molecular weight excluding hydrogens is 338 g/mol. The summed E-state index contributed by atoms with van der Waals surface area (Å²) in [6, 6.07) is 11.9. The minimum atomic E-state index is -0.643. The maximum Gasteiger partial charge on any atom is 0.311 e. The normalized spacial score (nSPS) is 11.8. The van der Waals surface area contributed by atoms with Gasteiger partial charge >= 0.3 is 5.69 Å². The molecule has 2 aromatic carbocycles. The molecule has 0 aliphatic rings. The van der Waals surface area contributed by atoms with Gasteiger partial charge < -0.3 is 13.9 Å². The van der Waals surface area contributed by atoms with Gasteiger partial charge in [-0.2, -0.15) is 0 Å². The molecule has 8 heteroatoms. The molecule has 0 saturated carbocycles. The van der Waals surface area contributed by atoms with E-state index in [9.17, 15) is 10.1 Å². The van der Waals surface area contributed by atoms with Crippen molar-refractivity contribution in [2.45, 2.75) is 20.0 Å². The van der Waals surface area contributed by atoms with Crippen molar-refractivity contribution in [1.82, 2.24) is 10.2 Å². The molecule has 134 valence electrons. The van der Waals surface area contributed by atoms with Gasteiger partial charge in [-0.1, -0.05) is 6.07 Å². The third-order valence-electron chi connectivity index (χ3n) is 3.74. The molecule has 0 aliphatic heterocycles. The Kier molecular flexibility index (Phi) is 4.83. The van der Waals surface area contributed by atoms with E-state index in [0.717, 1.165) is 16.9 Å². The lowest BCUT2D eigenvalue weighted by molar-refractivity contribution is -0.386. The molecule has 0 radical (unpaired) electrons. The summed E-state index contributed by atoms with van der Waals surface area (Å²) in [4.78, 5) is 10.7. The Balaban J connectivity index is 1.80. The molecule has 1 unspecified atom stereocenters. The zero-order valence-corrected chi connectivity index (χ0v) is 14.5. The standard InChI is InChI=1S/C18H17N3O5/c1-11-4-9-16(15(10-11)21(22)23)25-12(2)17-19-20-18(26-17)13-5-7-14(24-3)8-6-13/h4-10,12H,1-3H3. The van der Waals surface area contributed by atoms with Crippen LogP contribution in [0.2, 0.25) is 0 Å². The average Bonchev–Trinajstić information content (AvgIpc) is 3.13. The average molecular weight is 355 g/mol. The van der Waals surface area contributed by atoms with E-state index in [2.05, 4.69) is 10.2 Å². The number of rotatable bonds is 6. The fourth-order valence-corrected chi connectivity index (χ4v) is 2.36. The second-order valence-electron chi connectivity index (χ2n) is 5.66. The molecule has 0 aliphatic carbocycles. The van der Waals surface area contributed by atoms with Gasteiger partial charge in [-0.25, -0.2) is 0 Å². The highest BCUT2D eigenvalue weighted by Gasteiger charge is 2.22. The first kappa shape index (κ1) is 17.4. The fraction of sp³-hybridized carbons (Fsp3) is 0.222. The van der Waals surface area contributed by atoms with Gasteiger partial charge in [0.25, 0.3) is 5.89 Å². The topological polar surface area (TPSA) is 101 Å². The minimum Gasteiger partial charge on any atom is -0.497 e. The van der Waals surface area contributed by atoms with E-state index in [-0.39, 0.29) is 17.3 Å². The molecule has 0 saturated heterocycles. The van der Waals surface area contributed by atoms with Crippen LogP contribution in [-0.2, 0) is 0 Å². The van der Waals surface area contributed by atoms with Crippen LogP contribution in [0.15, 0.2) is 46.9 Å². The quantitative estimate of drug-likeness (QED) is 0.484. The highest BCUT2D eigenvalue weighted by molar-refractivity contribution is 5.54. The molecule has 3 aromatic rings. The largest absolute Gasteiger partial charge is 0.497 e. The van der Waals surface area contributed by atoms with Crippen LogP contribution in [0.5, 0.6) is 11.5 Å². The van der Waals surface area contributed by atoms with Crippen LogP contribution >= 0.6 is 0 Å². The predicted molar refractivity (Wildman–Crippen MR) is 93.2 cm³/mol. The number of hydrogen-bond acceptors (Lipinski definition) is 7. The molecule has 1 heterocycles. The summed E-state index contributed by atoms with van der Waals surface area (Å²) >= 11 is 0. The number of nitrogens with zero attached hydrogens (tertiary/aromatic N) is 3. The van der Waals surface area contributed by atoms with Gasteiger partial charge in [0, 0.05) is 11.6 Å². The summed E-state index contributed by atoms with van der Waals surface area (Å²) in [5, 5.41) is 19.2. The second-order valence-corrected chi connectivity index (χ2v) is 5.66. The molecule has 3 rings (SSSR count). The molecule has 1 atom stereocenters. The number of ether oxygens (including phenoxy) is 2. The third-order valence-corrected chi connectivity index (χ3v) is 3.74. The van der Waals surface area contributed by atoms with Gasteiger partial charge in [-0.15, -0.1) is 10.2 Å². The van der Waals surface area contributed by atoms with E-state index >= 15 is 0 Å². The molecule has 1 aromatic heterocycles. The monoisotopic (exact) mass is 355 g/mol. The number of aromatic nitrogens is 2. The highest BCUT2D eigenvalue weighted by Crippen LogP contribution is 2.32. The van der Waals surface area contributed by atoms with Crippen molar-refractivity contribution in [2.24, 2.45) is 0 Å². The molecule has 0 fully saturated rings. The summed E-state index contributed by atoms with van der Waals surface area (Å²) < 4.78 is 16.4. The summed E-state index contributed by atoms with van der Waals surface area (Å²) in [6.07, 6.45) is -0.643. The van der Waals surface area contributed by atoms with Crippen LogP contribution in [0, 0.1) is 17.0 Å². The molecule has 26 heavy (non-hydrogen) atoms. The second kappa shape index (κ2) is 7.22. The van der Waals surface area contributed by atoms with Crippen molar-refractivity contribution >= 4 is 5.69 Å². The van der Waals surface area contributed by atoms with E-state index in [1.807, 2.05) is 0 Å². The minimum absolute atomic E-state index is 0.105. The SMILES string of the molecule is COc1ccc(-c2nnc(C(C)Oc3ccc(C)cc3[N+](=O)[O-])o2)cc1. The van der Waals surface area contributed by atoms with E-state index in [4.69, 9.17) is 13.9 Å². The summed E-state index contributed by atoms with van der Waals surface area (Å²) in [7, 11) is 1.59. The smallest absolute Gasteiger partial charge is 0.311 e. The number of benzene rings is 2. The Morgan fingerprint density at radius 2 is 1.88 bits per heavy atom. The van der Waals surface area contributed by atoms with Gasteiger partial charge in [-0.3, -0.25) is 10.1 Å². The maximum atomic E-state index is 11.2. The first-order valence-electron chi connectivity index (χ1n) is 7.87. The number of nitro groups is 1. The Morgan fingerprint density at radius 1 is 1.15 bits per heavy atom. The number of aryl methyl sites for hydroxylation is 1. The predicted octanol–water partition coefficient (Wildman–Crippen LogP) is 4.10. The van der Waals surface area contributed by atoms with Gasteiger partial charge in [0.2, 0.25) is 5.89 Å². The lowest BCUT2D eigenvalue weighted by Crippen LogP contribution is -2.05. The van der Waals surface area contributed by atoms with Crippen molar-refractivity contribution in [3.63, 3.8) is 0 Å². The Hall–Kier alpha value is -3.42. The molecule has 0 bridgehead atoms. The Morgan fingerprint density at radius 3 is 2.54 bits per heavy atom. The van der Waals surface area contributed by atoms with Crippen molar-refractivity contribution in [2.75, 3.05) is 7.11 Å². The first-order chi connectivity index (χ1) is 12.5. The summed E-state index contributed by atoms with van der Waals surface area (Å²) in [5.41, 5.74) is 1.40. The van der Waals surface area contributed by atoms with Crippen LogP contribution in [0.25, 0.3) is 11.5 Å². The lowest BCUT2D eigenvalue weighted by atomic mass is 10.2. The zero-order valence-electron chi connectivity index (χ0n) is 14.5. The third kappa shape index (κ3) is 3.64. The molecule has 0 N–H and O–H groups in total. The van der Waals surface area contributed by atoms with Gasteiger partial charge in [0.15, 0.2) is 11.9 Å².